The SMILES string of the molecule is CC1(C)CCN(c2cnc(C(=N)N)cn2)CC1. The molecule has 1 saturated heterocycles. The van der Waals surface area contributed by atoms with Gasteiger partial charge in [0.2, 0.25) is 0 Å². The summed E-state index contributed by atoms with van der Waals surface area (Å²) >= 11 is 0. The molecule has 1 aromatic heterocycles. The van der Waals surface area contributed by atoms with Crippen molar-refractivity contribution in [1.29, 1.82) is 5.41 Å². The number of hydrogen-bond donors (Lipinski definition) is 2. The van der Waals surface area contributed by atoms with Crippen molar-refractivity contribution < 1.29 is 0 Å². The predicted molar refractivity (Wildman–Crippen MR) is 68.3 cm³/mol. The number of hydrogen-bond acceptors (Lipinski definition) is 4. The zero-order valence-electron chi connectivity index (χ0n) is 10.4. The first kappa shape index (κ1) is 11.8. The summed E-state index contributed by atoms with van der Waals surface area (Å²) in [6.07, 6.45) is 5.61. The Bertz CT molecular complexity index is 399. The van der Waals surface area contributed by atoms with Crippen molar-refractivity contribution in [2.75, 3.05) is 18.0 Å². The molecule has 1 aliphatic heterocycles. The van der Waals surface area contributed by atoms with Gasteiger partial charge in [0.25, 0.3) is 0 Å². The van der Waals surface area contributed by atoms with E-state index in [-0.39, 0.29) is 5.84 Å². The summed E-state index contributed by atoms with van der Waals surface area (Å²) in [5, 5.41) is 7.26. The second kappa shape index (κ2) is 4.31. The van der Waals surface area contributed by atoms with Gasteiger partial charge < -0.3 is 10.6 Å². The van der Waals surface area contributed by atoms with Gasteiger partial charge in [-0.1, -0.05) is 13.8 Å². The van der Waals surface area contributed by atoms with E-state index >= 15 is 0 Å². The van der Waals surface area contributed by atoms with E-state index in [1.165, 1.54) is 12.8 Å². The first-order valence-corrected chi connectivity index (χ1v) is 5.89. The molecule has 0 saturated carbocycles. The lowest BCUT2D eigenvalue weighted by molar-refractivity contribution is 0.279. The number of nitrogens with one attached hydrogen (secondary N) is 1. The van der Waals surface area contributed by atoms with Gasteiger partial charge in [-0.3, -0.25) is 5.41 Å². The van der Waals surface area contributed by atoms with Crippen molar-refractivity contribution in [2.45, 2.75) is 26.7 Å². The molecule has 0 amide bonds. The molecular weight excluding hydrogens is 214 g/mol. The summed E-state index contributed by atoms with van der Waals surface area (Å²) in [5.74, 6) is 0.842. The van der Waals surface area contributed by atoms with Gasteiger partial charge in [-0.2, -0.15) is 0 Å². The van der Waals surface area contributed by atoms with Crippen molar-refractivity contribution in [3.63, 3.8) is 0 Å². The zero-order valence-corrected chi connectivity index (χ0v) is 10.4. The lowest BCUT2D eigenvalue weighted by Gasteiger charge is -2.37. The number of nitrogens with two attached hydrogens (primary N) is 1. The van der Waals surface area contributed by atoms with E-state index < -0.39 is 0 Å². The highest BCUT2D eigenvalue weighted by Gasteiger charge is 2.25. The monoisotopic (exact) mass is 233 g/mol. The van der Waals surface area contributed by atoms with Crippen LogP contribution in [0.25, 0.3) is 0 Å². The van der Waals surface area contributed by atoms with Gasteiger partial charge >= 0.3 is 0 Å². The Hall–Kier alpha value is -1.65. The quantitative estimate of drug-likeness (QED) is 0.597. The first-order chi connectivity index (χ1) is 7.98. The number of anilines is 1. The Labute approximate surface area is 102 Å². The van der Waals surface area contributed by atoms with Crippen molar-refractivity contribution in [1.82, 2.24) is 9.97 Å². The molecule has 92 valence electrons. The minimum atomic E-state index is -0.0381. The fraction of sp³-hybridized carbons (Fsp3) is 0.583. The van der Waals surface area contributed by atoms with E-state index in [0.717, 1.165) is 18.9 Å². The maximum atomic E-state index is 7.26. The third kappa shape index (κ3) is 2.72. The Morgan fingerprint density at radius 1 is 1.29 bits per heavy atom. The first-order valence-electron chi connectivity index (χ1n) is 5.89. The van der Waals surface area contributed by atoms with E-state index in [1.807, 2.05) is 0 Å². The third-order valence-electron chi connectivity index (χ3n) is 3.36. The van der Waals surface area contributed by atoms with Crippen LogP contribution in [0, 0.1) is 10.8 Å². The maximum Gasteiger partial charge on any atom is 0.147 e. The second-order valence-electron chi connectivity index (χ2n) is 5.32. The van der Waals surface area contributed by atoms with Crippen LogP contribution in [0.15, 0.2) is 12.4 Å². The highest BCUT2D eigenvalue weighted by molar-refractivity contribution is 5.92. The van der Waals surface area contributed by atoms with Crippen LogP contribution in [-0.4, -0.2) is 28.9 Å². The number of piperidine rings is 1. The van der Waals surface area contributed by atoms with Crippen molar-refractivity contribution in [3.8, 4) is 0 Å². The number of amidine groups is 1. The zero-order chi connectivity index (χ0) is 12.5. The summed E-state index contributed by atoms with van der Waals surface area (Å²) in [7, 11) is 0. The molecule has 1 fully saturated rings. The molecular formula is C12H19N5. The summed E-state index contributed by atoms with van der Waals surface area (Å²) in [5.41, 5.74) is 6.22. The second-order valence-corrected chi connectivity index (χ2v) is 5.32. The molecule has 0 atom stereocenters. The van der Waals surface area contributed by atoms with E-state index in [9.17, 15) is 0 Å². The molecule has 5 heteroatoms. The van der Waals surface area contributed by atoms with Crippen molar-refractivity contribution in [3.05, 3.63) is 18.1 Å². The van der Waals surface area contributed by atoms with Crippen LogP contribution in [0.3, 0.4) is 0 Å². The van der Waals surface area contributed by atoms with Gasteiger partial charge in [0.15, 0.2) is 0 Å². The van der Waals surface area contributed by atoms with Gasteiger partial charge in [0.05, 0.1) is 12.4 Å². The van der Waals surface area contributed by atoms with Gasteiger partial charge in [0, 0.05) is 13.1 Å². The molecule has 3 N–H and O–H groups in total. The molecule has 2 rings (SSSR count). The van der Waals surface area contributed by atoms with Crippen LogP contribution in [0.5, 0.6) is 0 Å². The summed E-state index contributed by atoms with van der Waals surface area (Å²) in [6, 6.07) is 0. The van der Waals surface area contributed by atoms with Crippen LogP contribution in [0.1, 0.15) is 32.4 Å². The number of rotatable bonds is 2. The number of aromatic nitrogens is 2. The Morgan fingerprint density at radius 2 is 1.94 bits per heavy atom. The summed E-state index contributed by atoms with van der Waals surface area (Å²) in [6.45, 7) is 6.63. The van der Waals surface area contributed by atoms with Crippen LogP contribution in [0.2, 0.25) is 0 Å². The van der Waals surface area contributed by atoms with Crippen LogP contribution >= 0.6 is 0 Å². The third-order valence-corrected chi connectivity index (χ3v) is 3.36. The maximum absolute atomic E-state index is 7.26. The molecule has 0 aliphatic carbocycles. The van der Waals surface area contributed by atoms with E-state index in [1.54, 1.807) is 12.4 Å². The predicted octanol–water partition coefficient (Wildman–Crippen LogP) is 1.39. The van der Waals surface area contributed by atoms with Crippen molar-refractivity contribution in [2.24, 2.45) is 11.1 Å². The Kier molecular flexibility index (Phi) is 3.00. The van der Waals surface area contributed by atoms with Gasteiger partial charge in [-0.05, 0) is 18.3 Å². The largest absolute Gasteiger partial charge is 0.382 e. The van der Waals surface area contributed by atoms with Crippen LogP contribution in [0.4, 0.5) is 5.82 Å². The molecule has 0 spiro atoms. The summed E-state index contributed by atoms with van der Waals surface area (Å²) in [4.78, 5) is 10.7. The molecule has 2 heterocycles. The van der Waals surface area contributed by atoms with Crippen molar-refractivity contribution >= 4 is 11.7 Å². The fourth-order valence-electron chi connectivity index (χ4n) is 1.96. The smallest absolute Gasteiger partial charge is 0.147 e. The highest BCUT2D eigenvalue weighted by Crippen LogP contribution is 2.31. The molecule has 0 radical (unpaired) electrons. The fourth-order valence-corrected chi connectivity index (χ4v) is 1.96. The minimum absolute atomic E-state index is 0.0381. The average molecular weight is 233 g/mol. The standard InChI is InChI=1S/C12H19N5/c1-12(2)3-5-17(6-4-12)10-8-15-9(7-16-10)11(13)14/h7-8H,3-6H2,1-2H3,(H3,13,14). The average Bonchev–Trinajstić information content (AvgIpc) is 2.29. The Balaban J connectivity index is 2.06. The number of nitrogen functional groups attached to an aromatic ring is 1. The molecule has 5 nitrogen and oxygen atoms in total. The molecule has 1 aliphatic rings. The molecule has 0 unspecified atom stereocenters. The lowest BCUT2D eigenvalue weighted by atomic mass is 9.83. The normalized spacial score (nSPS) is 19.1. The highest BCUT2D eigenvalue weighted by atomic mass is 15.2. The van der Waals surface area contributed by atoms with Crippen LogP contribution in [-0.2, 0) is 0 Å². The van der Waals surface area contributed by atoms with Gasteiger partial charge in [-0.25, -0.2) is 9.97 Å². The van der Waals surface area contributed by atoms with E-state index in [4.69, 9.17) is 11.1 Å². The topological polar surface area (TPSA) is 78.9 Å². The number of nitrogens with zero attached hydrogens (tertiary/aromatic N) is 3. The molecule has 17 heavy (non-hydrogen) atoms. The lowest BCUT2D eigenvalue weighted by Crippen LogP contribution is -2.37. The summed E-state index contributed by atoms with van der Waals surface area (Å²) < 4.78 is 0. The van der Waals surface area contributed by atoms with Crippen LogP contribution < -0.4 is 10.6 Å². The van der Waals surface area contributed by atoms with E-state index in [0.29, 0.717) is 11.1 Å². The molecule has 1 aromatic rings. The minimum Gasteiger partial charge on any atom is -0.382 e. The Morgan fingerprint density at radius 3 is 2.41 bits per heavy atom. The van der Waals surface area contributed by atoms with E-state index in [2.05, 4.69) is 28.7 Å². The van der Waals surface area contributed by atoms with Gasteiger partial charge in [-0.15, -0.1) is 0 Å². The molecule has 0 aromatic carbocycles. The van der Waals surface area contributed by atoms with Gasteiger partial charge in [0.1, 0.15) is 17.3 Å². The molecule has 0 bridgehead atoms.